The number of para-hydroxylation sites is 3. The molecule has 2 heterocycles. The summed E-state index contributed by atoms with van der Waals surface area (Å²) in [5, 5.41) is 0. The van der Waals surface area contributed by atoms with Crippen LogP contribution in [0.5, 0.6) is 11.5 Å². The molecule has 0 aliphatic carbocycles. The van der Waals surface area contributed by atoms with Crippen LogP contribution in [0.4, 0.5) is 0 Å². The van der Waals surface area contributed by atoms with Crippen LogP contribution in [0.1, 0.15) is 53.3 Å². The lowest BCUT2D eigenvalue weighted by Gasteiger charge is -2.33. The van der Waals surface area contributed by atoms with Gasteiger partial charge in [0.2, 0.25) is 11.8 Å². The molecule has 4 aromatic rings. The number of imidazole rings is 1. The van der Waals surface area contributed by atoms with Gasteiger partial charge in [-0.25, -0.2) is 4.98 Å². The zero-order valence-corrected chi connectivity index (χ0v) is 24.1. The zero-order valence-electron chi connectivity index (χ0n) is 24.1. The molecular formula is C33H39N5O4. The van der Waals surface area contributed by atoms with Crippen molar-refractivity contribution in [2.45, 2.75) is 50.6 Å². The highest BCUT2D eigenvalue weighted by molar-refractivity contribution is 5.95. The average Bonchev–Trinajstić information content (AvgIpc) is 3.37. The number of aromatic nitrogens is 2. The Bertz CT molecular complexity index is 1520. The molecule has 1 aliphatic rings. The number of likely N-dealkylation sites (tertiary alicyclic amines) is 1. The molecule has 0 saturated carbocycles. The molecule has 0 radical (unpaired) electrons. The van der Waals surface area contributed by atoms with Crippen LogP contribution in [0.25, 0.3) is 11.0 Å². The van der Waals surface area contributed by atoms with E-state index in [-0.39, 0.29) is 24.7 Å². The summed E-state index contributed by atoms with van der Waals surface area (Å²) in [5.41, 5.74) is 15.3. The Morgan fingerprint density at radius 3 is 2.62 bits per heavy atom. The summed E-state index contributed by atoms with van der Waals surface area (Å²) < 4.78 is 13.7. The Morgan fingerprint density at radius 1 is 1.05 bits per heavy atom. The minimum absolute atomic E-state index is 0.00340. The number of aryl methyl sites for hydroxylation is 1. The number of carbonyl (C=O) groups is 2. The predicted molar refractivity (Wildman–Crippen MR) is 163 cm³/mol. The first-order valence-electron chi connectivity index (χ1n) is 14.6. The number of carbonyl (C=O) groups excluding carboxylic acids is 2. The smallest absolute Gasteiger partial charge is 0.249 e. The maximum Gasteiger partial charge on any atom is 0.249 e. The molecule has 2 amide bonds. The minimum Gasteiger partial charge on any atom is -0.457 e. The normalized spacial score (nSPS) is 16.0. The first-order valence-corrected chi connectivity index (χ1v) is 14.6. The molecule has 4 N–H and O–H groups in total. The van der Waals surface area contributed by atoms with Gasteiger partial charge in [0.25, 0.3) is 0 Å². The van der Waals surface area contributed by atoms with Crippen molar-refractivity contribution < 1.29 is 19.1 Å². The minimum atomic E-state index is -0.561. The van der Waals surface area contributed by atoms with Gasteiger partial charge in [-0.05, 0) is 62.1 Å². The molecule has 1 aliphatic heterocycles. The Hall–Kier alpha value is -4.21. The second-order valence-electron chi connectivity index (χ2n) is 10.9. The van der Waals surface area contributed by atoms with E-state index in [2.05, 4.69) is 10.6 Å². The van der Waals surface area contributed by atoms with E-state index in [4.69, 9.17) is 25.9 Å². The molecule has 5 rings (SSSR count). The van der Waals surface area contributed by atoms with E-state index >= 15 is 0 Å². The molecule has 1 fully saturated rings. The standard InChI is InChI=1S/C33H39N5O4/c1-41-19-9-18-38-29-15-6-5-14-28(29)36-33(38)23-10-8-17-37(22-23)31(39)21-24(34)20-27-26(32(35)40)13-7-16-30(27)42-25-11-3-2-4-12-25/h2-7,11-16,23-24H,8-10,17-22,34H2,1H3,(H2,35,40)/t23-,24+/m1/s1. The molecule has 2 atom stereocenters. The molecule has 9 heteroatoms. The van der Waals surface area contributed by atoms with Gasteiger partial charge in [-0.2, -0.15) is 0 Å². The fraction of sp³-hybridized carbons (Fsp3) is 0.364. The maximum absolute atomic E-state index is 13.5. The van der Waals surface area contributed by atoms with Crippen LogP contribution in [-0.4, -0.2) is 59.1 Å². The third-order valence-corrected chi connectivity index (χ3v) is 7.83. The van der Waals surface area contributed by atoms with Gasteiger partial charge in [-0.3, -0.25) is 9.59 Å². The summed E-state index contributed by atoms with van der Waals surface area (Å²) in [6.45, 7) is 2.77. The van der Waals surface area contributed by atoms with Gasteiger partial charge in [-0.15, -0.1) is 0 Å². The highest BCUT2D eigenvalue weighted by Crippen LogP contribution is 2.31. The number of benzene rings is 3. The Balaban J connectivity index is 1.29. The first kappa shape index (κ1) is 29.3. The highest BCUT2D eigenvalue weighted by atomic mass is 16.5. The van der Waals surface area contributed by atoms with Crippen molar-refractivity contribution in [3.05, 3.63) is 89.7 Å². The summed E-state index contributed by atoms with van der Waals surface area (Å²) >= 11 is 0. The van der Waals surface area contributed by atoms with Crippen LogP contribution in [0.2, 0.25) is 0 Å². The zero-order chi connectivity index (χ0) is 29.5. The average molecular weight is 570 g/mol. The number of ether oxygens (including phenoxy) is 2. The van der Waals surface area contributed by atoms with Gasteiger partial charge in [0.05, 0.1) is 11.0 Å². The SMILES string of the molecule is COCCCn1c([C@@H]2CCCN(C(=O)C[C@@H](N)Cc3c(Oc4ccccc4)cccc3C(N)=O)C2)nc2ccccc21. The van der Waals surface area contributed by atoms with Crippen molar-refractivity contribution in [1.82, 2.24) is 14.5 Å². The molecule has 0 unspecified atom stereocenters. The van der Waals surface area contributed by atoms with Crippen LogP contribution in [0.15, 0.2) is 72.8 Å². The van der Waals surface area contributed by atoms with E-state index in [1.807, 2.05) is 53.4 Å². The topological polar surface area (TPSA) is 126 Å². The van der Waals surface area contributed by atoms with Crippen LogP contribution < -0.4 is 16.2 Å². The lowest BCUT2D eigenvalue weighted by molar-refractivity contribution is -0.132. The lowest BCUT2D eigenvalue weighted by Crippen LogP contribution is -2.42. The molecule has 220 valence electrons. The molecular weight excluding hydrogens is 530 g/mol. The van der Waals surface area contributed by atoms with Crippen molar-refractivity contribution >= 4 is 22.8 Å². The van der Waals surface area contributed by atoms with E-state index in [1.54, 1.807) is 25.3 Å². The summed E-state index contributed by atoms with van der Waals surface area (Å²) in [7, 11) is 1.71. The molecule has 1 saturated heterocycles. The van der Waals surface area contributed by atoms with Gasteiger partial charge in [-0.1, -0.05) is 36.4 Å². The molecule has 1 aromatic heterocycles. The van der Waals surface area contributed by atoms with E-state index in [0.717, 1.165) is 42.7 Å². The quantitative estimate of drug-likeness (QED) is 0.240. The number of nitrogens with two attached hydrogens (primary N) is 2. The number of primary amides is 1. The van der Waals surface area contributed by atoms with E-state index in [1.165, 1.54) is 0 Å². The molecule has 0 spiro atoms. The number of fused-ring (bicyclic) bond motifs is 1. The van der Waals surface area contributed by atoms with Gasteiger partial charge >= 0.3 is 0 Å². The van der Waals surface area contributed by atoms with Crippen molar-refractivity contribution in [2.75, 3.05) is 26.8 Å². The van der Waals surface area contributed by atoms with Crippen LogP contribution in [-0.2, 0) is 22.5 Å². The van der Waals surface area contributed by atoms with Crippen LogP contribution in [0.3, 0.4) is 0 Å². The monoisotopic (exact) mass is 569 g/mol. The predicted octanol–water partition coefficient (Wildman–Crippen LogP) is 4.63. The first-order chi connectivity index (χ1) is 20.4. The number of piperidine rings is 1. The summed E-state index contributed by atoms with van der Waals surface area (Å²) in [6.07, 6.45) is 3.17. The van der Waals surface area contributed by atoms with Crippen molar-refractivity contribution in [3.8, 4) is 11.5 Å². The van der Waals surface area contributed by atoms with Crippen LogP contribution >= 0.6 is 0 Å². The fourth-order valence-corrected chi connectivity index (χ4v) is 5.83. The number of methoxy groups -OCH3 is 1. The second-order valence-corrected chi connectivity index (χ2v) is 10.9. The molecule has 9 nitrogen and oxygen atoms in total. The Morgan fingerprint density at radius 2 is 1.83 bits per heavy atom. The highest BCUT2D eigenvalue weighted by Gasteiger charge is 2.29. The second kappa shape index (κ2) is 13.6. The summed E-state index contributed by atoms with van der Waals surface area (Å²) in [4.78, 5) is 32.7. The third kappa shape index (κ3) is 6.80. The van der Waals surface area contributed by atoms with E-state index in [9.17, 15) is 9.59 Å². The Labute approximate surface area is 246 Å². The fourth-order valence-electron chi connectivity index (χ4n) is 5.83. The molecule has 3 aromatic carbocycles. The molecule has 0 bridgehead atoms. The van der Waals surface area contributed by atoms with Gasteiger partial charge < -0.3 is 30.4 Å². The van der Waals surface area contributed by atoms with Crippen LogP contribution in [0, 0.1) is 0 Å². The maximum atomic E-state index is 13.5. The number of nitrogens with zero attached hydrogens (tertiary/aromatic N) is 3. The van der Waals surface area contributed by atoms with E-state index in [0.29, 0.717) is 42.3 Å². The summed E-state index contributed by atoms with van der Waals surface area (Å²) in [6, 6.07) is 22.2. The number of hydrogen-bond acceptors (Lipinski definition) is 6. The number of amides is 2. The Kier molecular flexibility index (Phi) is 9.51. The largest absolute Gasteiger partial charge is 0.457 e. The van der Waals surface area contributed by atoms with Gasteiger partial charge in [0.1, 0.15) is 17.3 Å². The third-order valence-electron chi connectivity index (χ3n) is 7.83. The summed E-state index contributed by atoms with van der Waals surface area (Å²) in [5.74, 6) is 1.73. The molecule has 42 heavy (non-hydrogen) atoms. The van der Waals surface area contributed by atoms with Crippen molar-refractivity contribution in [3.63, 3.8) is 0 Å². The lowest BCUT2D eigenvalue weighted by atomic mass is 9.95. The number of rotatable bonds is 12. The number of hydrogen-bond donors (Lipinski definition) is 2. The van der Waals surface area contributed by atoms with Crippen molar-refractivity contribution in [1.29, 1.82) is 0 Å². The van der Waals surface area contributed by atoms with Gasteiger partial charge in [0, 0.05) is 62.9 Å². The van der Waals surface area contributed by atoms with Crippen molar-refractivity contribution in [2.24, 2.45) is 11.5 Å². The van der Waals surface area contributed by atoms with Gasteiger partial charge in [0.15, 0.2) is 0 Å². The van der Waals surface area contributed by atoms with E-state index < -0.39 is 11.9 Å².